The van der Waals surface area contributed by atoms with Crippen molar-refractivity contribution >= 4 is 24.2 Å². The SMILES string of the molecule is CNC(=O)c1ccc(-n2c(=S)[nH]c3c(c2=O)C[C@@H](C)N(C(=O)O)C3)cc1. The average molecular weight is 374 g/mol. The maximum atomic E-state index is 13.0. The molecule has 1 aliphatic rings. The molecule has 0 saturated heterocycles. The standard InChI is InChI=1S/C17H18N4O4S/c1-9-7-12-13(8-20(9)17(24)25)19-16(26)21(15(12)23)11-5-3-10(4-6-11)14(22)18-2/h3-6,9H,7-8H2,1-2H3,(H,18,22)(H,19,26)(H,24,25)/t9-/m1/s1. The summed E-state index contributed by atoms with van der Waals surface area (Å²) in [4.78, 5) is 40.2. The Labute approximate surface area is 154 Å². The Balaban J connectivity index is 2.07. The van der Waals surface area contributed by atoms with Crippen LogP contribution in [0.4, 0.5) is 4.79 Å². The van der Waals surface area contributed by atoms with E-state index in [2.05, 4.69) is 10.3 Å². The lowest BCUT2D eigenvalue weighted by Crippen LogP contribution is -2.45. The summed E-state index contributed by atoms with van der Waals surface area (Å²) in [5.41, 5.74) is 1.80. The molecule has 136 valence electrons. The number of aromatic amines is 1. The smallest absolute Gasteiger partial charge is 0.407 e. The number of carbonyl (C=O) groups excluding carboxylic acids is 1. The van der Waals surface area contributed by atoms with Gasteiger partial charge in [0.25, 0.3) is 11.5 Å². The molecule has 2 amide bonds. The molecule has 26 heavy (non-hydrogen) atoms. The number of hydrogen-bond donors (Lipinski definition) is 3. The highest BCUT2D eigenvalue weighted by Gasteiger charge is 2.29. The molecule has 0 unspecified atom stereocenters. The summed E-state index contributed by atoms with van der Waals surface area (Å²) in [5, 5.41) is 11.8. The molecular formula is C17H18N4O4S. The molecule has 0 fully saturated rings. The van der Waals surface area contributed by atoms with Crippen molar-refractivity contribution in [3.63, 3.8) is 0 Å². The number of carbonyl (C=O) groups is 2. The number of H-pyrrole nitrogens is 1. The minimum atomic E-state index is -1.03. The minimum absolute atomic E-state index is 0.0984. The zero-order chi connectivity index (χ0) is 19.0. The Morgan fingerprint density at radius 1 is 1.31 bits per heavy atom. The zero-order valence-electron chi connectivity index (χ0n) is 14.3. The second-order valence-electron chi connectivity index (χ2n) is 6.12. The quantitative estimate of drug-likeness (QED) is 0.693. The third-order valence-electron chi connectivity index (χ3n) is 4.51. The van der Waals surface area contributed by atoms with Crippen molar-refractivity contribution in [2.75, 3.05) is 7.05 Å². The number of nitrogens with one attached hydrogen (secondary N) is 2. The second kappa shape index (κ2) is 6.75. The van der Waals surface area contributed by atoms with Crippen LogP contribution in [0, 0.1) is 4.77 Å². The van der Waals surface area contributed by atoms with Gasteiger partial charge in [-0.3, -0.25) is 19.1 Å². The minimum Gasteiger partial charge on any atom is -0.465 e. The van der Waals surface area contributed by atoms with Gasteiger partial charge in [-0.15, -0.1) is 0 Å². The molecule has 0 radical (unpaired) electrons. The van der Waals surface area contributed by atoms with E-state index in [0.717, 1.165) is 0 Å². The lowest BCUT2D eigenvalue weighted by molar-refractivity contribution is 0.0962. The lowest BCUT2D eigenvalue weighted by atomic mass is 10.0. The average Bonchev–Trinajstić information content (AvgIpc) is 2.61. The summed E-state index contributed by atoms with van der Waals surface area (Å²) in [6.07, 6.45) is -0.723. The fourth-order valence-electron chi connectivity index (χ4n) is 3.09. The van der Waals surface area contributed by atoms with E-state index < -0.39 is 6.09 Å². The van der Waals surface area contributed by atoms with E-state index in [4.69, 9.17) is 12.2 Å². The van der Waals surface area contributed by atoms with Crippen LogP contribution < -0.4 is 10.9 Å². The molecule has 2 aromatic rings. The summed E-state index contributed by atoms with van der Waals surface area (Å²) in [7, 11) is 1.54. The van der Waals surface area contributed by atoms with E-state index in [1.165, 1.54) is 9.47 Å². The van der Waals surface area contributed by atoms with Gasteiger partial charge in [-0.2, -0.15) is 0 Å². The van der Waals surface area contributed by atoms with Crippen LogP contribution in [0.3, 0.4) is 0 Å². The Morgan fingerprint density at radius 2 is 1.96 bits per heavy atom. The maximum absolute atomic E-state index is 13.0. The first-order chi connectivity index (χ1) is 12.3. The van der Waals surface area contributed by atoms with Gasteiger partial charge in [0, 0.05) is 29.9 Å². The summed E-state index contributed by atoms with van der Waals surface area (Å²) in [5.74, 6) is -0.220. The molecule has 1 aromatic heterocycles. The highest BCUT2D eigenvalue weighted by molar-refractivity contribution is 7.71. The van der Waals surface area contributed by atoms with Gasteiger partial charge in [0.15, 0.2) is 4.77 Å². The second-order valence-corrected chi connectivity index (χ2v) is 6.50. The Hall–Kier alpha value is -2.94. The van der Waals surface area contributed by atoms with Gasteiger partial charge in [0.1, 0.15) is 0 Å². The van der Waals surface area contributed by atoms with E-state index >= 15 is 0 Å². The van der Waals surface area contributed by atoms with Crippen LogP contribution in [-0.2, 0) is 13.0 Å². The van der Waals surface area contributed by atoms with E-state index in [9.17, 15) is 19.5 Å². The number of aromatic nitrogens is 2. The Bertz CT molecular complexity index is 993. The third kappa shape index (κ3) is 3.01. The molecule has 0 aliphatic carbocycles. The highest BCUT2D eigenvalue weighted by Crippen LogP contribution is 2.20. The number of carboxylic acid groups (broad SMARTS) is 1. The number of hydrogen-bond acceptors (Lipinski definition) is 4. The molecule has 8 nitrogen and oxygen atoms in total. The first kappa shape index (κ1) is 17.9. The maximum Gasteiger partial charge on any atom is 0.407 e. The molecule has 0 saturated carbocycles. The summed E-state index contributed by atoms with van der Waals surface area (Å²) >= 11 is 5.31. The first-order valence-corrected chi connectivity index (χ1v) is 8.43. The molecule has 3 rings (SSSR count). The summed E-state index contributed by atoms with van der Waals surface area (Å²) < 4.78 is 1.55. The van der Waals surface area contributed by atoms with E-state index in [1.807, 2.05) is 0 Å². The van der Waals surface area contributed by atoms with Crippen molar-refractivity contribution in [3.05, 3.63) is 56.2 Å². The van der Waals surface area contributed by atoms with Crippen molar-refractivity contribution in [2.45, 2.75) is 25.9 Å². The van der Waals surface area contributed by atoms with Crippen LogP contribution in [0.1, 0.15) is 28.5 Å². The number of rotatable bonds is 2. The van der Waals surface area contributed by atoms with E-state index in [-0.39, 0.29) is 28.8 Å². The number of amides is 2. The van der Waals surface area contributed by atoms with Gasteiger partial charge >= 0.3 is 6.09 Å². The van der Waals surface area contributed by atoms with Gasteiger partial charge in [0.05, 0.1) is 12.2 Å². The molecule has 0 bridgehead atoms. The molecule has 1 aromatic carbocycles. The molecule has 9 heteroatoms. The van der Waals surface area contributed by atoms with E-state index in [0.29, 0.717) is 28.9 Å². The van der Waals surface area contributed by atoms with Gasteiger partial charge in [-0.25, -0.2) is 4.79 Å². The molecule has 2 heterocycles. The Morgan fingerprint density at radius 3 is 2.54 bits per heavy atom. The van der Waals surface area contributed by atoms with Crippen LogP contribution in [0.25, 0.3) is 5.69 Å². The summed E-state index contributed by atoms with van der Waals surface area (Å²) in [6.45, 7) is 1.86. The van der Waals surface area contributed by atoms with Crippen LogP contribution >= 0.6 is 12.2 Å². The van der Waals surface area contributed by atoms with Crippen molar-refractivity contribution in [1.82, 2.24) is 19.8 Å². The molecule has 1 aliphatic heterocycles. The number of benzene rings is 1. The third-order valence-corrected chi connectivity index (χ3v) is 4.79. The number of fused-ring (bicyclic) bond motifs is 1. The van der Waals surface area contributed by atoms with Gasteiger partial charge in [-0.1, -0.05) is 0 Å². The van der Waals surface area contributed by atoms with Crippen LogP contribution in [0.2, 0.25) is 0 Å². The predicted molar refractivity (Wildman–Crippen MR) is 97.3 cm³/mol. The number of nitrogens with zero attached hydrogens (tertiary/aromatic N) is 2. The Kier molecular flexibility index (Phi) is 4.64. The normalized spacial score (nSPS) is 16.1. The molecule has 1 atom stereocenters. The monoisotopic (exact) mass is 374 g/mol. The van der Waals surface area contributed by atoms with Crippen molar-refractivity contribution in [2.24, 2.45) is 0 Å². The lowest BCUT2D eigenvalue weighted by Gasteiger charge is -2.32. The molecule has 0 spiro atoms. The topological polar surface area (TPSA) is 107 Å². The fraction of sp³-hybridized carbons (Fsp3) is 0.294. The van der Waals surface area contributed by atoms with E-state index in [1.54, 1.807) is 38.2 Å². The van der Waals surface area contributed by atoms with Crippen molar-refractivity contribution < 1.29 is 14.7 Å². The van der Waals surface area contributed by atoms with Gasteiger partial charge in [0.2, 0.25) is 0 Å². The first-order valence-electron chi connectivity index (χ1n) is 8.02. The van der Waals surface area contributed by atoms with Gasteiger partial charge in [-0.05, 0) is 49.8 Å². The van der Waals surface area contributed by atoms with Crippen molar-refractivity contribution in [3.8, 4) is 5.69 Å². The largest absolute Gasteiger partial charge is 0.465 e. The summed E-state index contributed by atoms with van der Waals surface area (Å²) in [6, 6.07) is 6.23. The van der Waals surface area contributed by atoms with Crippen LogP contribution in [-0.4, -0.2) is 44.6 Å². The molecule has 3 N–H and O–H groups in total. The van der Waals surface area contributed by atoms with Crippen LogP contribution in [0.5, 0.6) is 0 Å². The predicted octanol–water partition coefficient (Wildman–Crippen LogP) is 1.68. The highest BCUT2D eigenvalue weighted by atomic mass is 32.1. The van der Waals surface area contributed by atoms with Crippen LogP contribution in [0.15, 0.2) is 29.1 Å². The van der Waals surface area contributed by atoms with Crippen molar-refractivity contribution in [1.29, 1.82) is 0 Å². The zero-order valence-corrected chi connectivity index (χ0v) is 15.1. The van der Waals surface area contributed by atoms with Gasteiger partial charge < -0.3 is 15.4 Å². The fourth-order valence-corrected chi connectivity index (χ4v) is 3.40. The molecular weight excluding hydrogens is 356 g/mol.